The van der Waals surface area contributed by atoms with Crippen molar-refractivity contribution in [2.24, 2.45) is 5.73 Å². The summed E-state index contributed by atoms with van der Waals surface area (Å²) < 4.78 is 0. The molecule has 1 rings (SSSR count). The number of carbonyl (C=O) groups is 1. The molecular weight excluding hydrogens is 294 g/mol. The second-order valence-electron chi connectivity index (χ2n) is 4.45. The van der Waals surface area contributed by atoms with Crippen molar-refractivity contribution in [1.29, 1.82) is 0 Å². The fourth-order valence-corrected chi connectivity index (χ4v) is 2.39. The number of nitrogens with zero attached hydrogens (tertiary/aromatic N) is 2. The first-order valence-corrected chi connectivity index (χ1v) is 7.27. The Kier molecular flexibility index (Phi) is 6.23. The second-order valence-corrected chi connectivity index (χ2v) is 5.30. The Morgan fingerprint density at radius 3 is 2.40 bits per heavy atom. The molecule has 0 aliphatic carbocycles. The van der Waals surface area contributed by atoms with Crippen LogP contribution in [0.1, 0.15) is 19.4 Å². The number of hydrogen-bond donors (Lipinski definition) is 1. The Hall–Kier alpha value is -1.33. The van der Waals surface area contributed by atoms with Crippen molar-refractivity contribution in [2.45, 2.75) is 13.8 Å². The van der Waals surface area contributed by atoms with Gasteiger partial charge in [-0.05, 0) is 32.0 Å². The van der Waals surface area contributed by atoms with Crippen LogP contribution in [0.15, 0.2) is 18.2 Å². The van der Waals surface area contributed by atoms with Gasteiger partial charge < -0.3 is 15.5 Å². The molecule has 2 N–H and O–H groups in total. The van der Waals surface area contributed by atoms with Crippen molar-refractivity contribution < 1.29 is 4.79 Å². The zero-order chi connectivity index (χ0) is 15.3. The third-order valence-corrected chi connectivity index (χ3v) is 3.67. The van der Waals surface area contributed by atoms with E-state index in [4.69, 9.17) is 29.6 Å². The predicted octanol–water partition coefficient (Wildman–Crippen LogP) is 2.28. The molecule has 0 unspecified atom stereocenters. The average molecular weight is 314 g/mol. The highest BCUT2D eigenvalue weighted by molar-refractivity contribution is 7.80. The SMILES string of the molecule is CCN(CC)C(=O)CN(C)c1ccc(C(N)=S)cc1Cl. The molecule has 0 atom stereocenters. The Morgan fingerprint density at radius 1 is 1.35 bits per heavy atom. The Labute approximate surface area is 130 Å². The smallest absolute Gasteiger partial charge is 0.242 e. The molecule has 0 bridgehead atoms. The van der Waals surface area contributed by atoms with E-state index in [1.54, 1.807) is 11.0 Å². The van der Waals surface area contributed by atoms with Crippen LogP contribution < -0.4 is 10.6 Å². The van der Waals surface area contributed by atoms with Gasteiger partial charge in [-0.3, -0.25) is 4.79 Å². The quantitative estimate of drug-likeness (QED) is 0.819. The maximum absolute atomic E-state index is 12.1. The zero-order valence-corrected chi connectivity index (χ0v) is 13.6. The van der Waals surface area contributed by atoms with Crippen LogP contribution in [-0.4, -0.2) is 42.5 Å². The number of carbonyl (C=O) groups excluding carboxylic acids is 1. The normalized spacial score (nSPS) is 10.2. The van der Waals surface area contributed by atoms with Crippen molar-refractivity contribution in [3.63, 3.8) is 0 Å². The number of halogens is 1. The van der Waals surface area contributed by atoms with Crippen molar-refractivity contribution in [1.82, 2.24) is 4.90 Å². The first-order valence-electron chi connectivity index (χ1n) is 6.48. The summed E-state index contributed by atoms with van der Waals surface area (Å²) in [5.74, 6) is 0.0759. The van der Waals surface area contributed by atoms with Crippen LogP contribution in [0.2, 0.25) is 5.02 Å². The molecule has 0 saturated carbocycles. The molecule has 6 heteroatoms. The molecule has 1 aromatic rings. The van der Waals surface area contributed by atoms with Crippen LogP contribution >= 0.6 is 23.8 Å². The summed E-state index contributed by atoms with van der Waals surface area (Å²) in [4.78, 5) is 16.0. The summed E-state index contributed by atoms with van der Waals surface area (Å²) in [6, 6.07) is 5.35. The van der Waals surface area contributed by atoms with E-state index in [0.29, 0.717) is 23.1 Å². The van der Waals surface area contributed by atoms with E-state index in [1.165, 1.54) is 0 Å². The maximum atomic E-state index is 12.1. The molecule has 0 aliphatic rings. The maximum Gasteiger partial charge on any atom is 0.242 e. The van der Waals surface area contributed by atoms with E-state index in [-0.39, 0.29) is 12.5 Å². The zero-order valence-electron chi connectivity index (χ0n) is 12.0. The minimum Gasteiger partial charge on any atom is -0.389 e. The molecule has 0 heterocycles. The minimum atomic E-state index is 0.0759. The lowest BCUT2D eigenvalue weighted by Gasteiger charge is -2.25. The summed E-state index contributed by atoms with van der Waals surface area (Å²) in [5.41, 5.74) is 7.07. The second kappa shape index (κ2) is 7.45. The molecular formula is C14H20ClN3OS. The topological polar surface area (TPSA) is 49.6 Å². The molecule has 0 radical (unpaired) electrons. The summed E-state index contributed by atoms with van der Waals surface area (Å²) in [7, 11) is 1.84. The van der Waals surface area contributed by atoms with Crippen LogP contribution in [-0.2, 0) is 4.79 Å². The molecule has 1 aromatic carbocycles. The number of thiocarbonyl (C=S) groups is 1. The number of likely N-dealkylation sites (N-methyl/N-ethyl adjacent to an activating group) is 2. The Morgan fingerprint density at radius 2 is 1.95 bits per heavy atom. The van der Waals surface area contributed by atoms with Crippen LogP contribution in [0.3, 0.4) is 0 Å². The number of nitrogens with two attached hydrogens (primary N) is 1. The molecule has 110 valence electrons. The van der Waals surface area contributed by atoms with E-state index in [0.717, 1.165) is 11.3 Å². The predicted molar refractivity (Wildman–Crippen MR) is 88.5 cm³/mol. The third kappa shape index (κ3) is 4.08. The van der Waals surface area contributed by atoms with Gasteiger partial charge in [-0.25, -0.2) is 0 Å². The Bertz CT molecular complexity index is 503. The van der Waals surface area contributed by atoms with Crippen molar-refractivity contribution >= 4 is 40.4 Å². The average Bonchev–Trinajstić information content (AvgIpc) is 2.39. The van der Waals surface area contributed by atoms with E-state index in [2.05, 4.69) is 0 Å². The minimum absolute atomic E-state index is 0.0759. The molecule has 20 heavy (non-hydrogen) atoms. The molecule has 0 spiro atoms. The molecule has 1 amide bonds. The number of amides is 1. The van der Waals surface area contributed by atoms with Gasteiger partial charge in [0.2, 0.25) is 5.91 Å². The van der Waals surface area contributed by atoms with Gasteiger partial charge in [0.25, 0.3) is 0 Å². The third-order valence-electron chi connectivity index (χ3n) is 3.13. The number of hydrogen-bond acceptors (Lipinski definition) is 3. The van der Waals surface area contributed by atoms with Gasteiger partial charge in [-0.1, -0.05) is 23.8 Å². The molecule has 0 aromatic heterocycles. The molecule has 4 nitrogen and oxygen atoms in total. The Balaban J connectivity index is 2.85. The summed E-state index contributed by atoms with van der Waals surface area (Å²) in [6.07, 6.45) is 0. The van der Waals surface area contributed by atoms with Gasteiger partial charge in [0, 0.05) is 25.7 Å². The number of anilines is 1. The molecule has 0 fully saturated rings. The van der Waals surface area contributed by atoms with Crippen LogP contribution in [0.25, 0.3) is 0 Å². The summed E-state index contributed by atoms with van der Waals surface area (Å²) >= 11 is 11.1. The standard InChI is InChI=1S/C14H20ClN3OS/c1-4-18(5-2)13(19)9-17(3)12-7-6-10(14(16)20)8-11(12)15/h6-8H,4-5,9H2,1-3H3,(H2,16,20). The van der Waals surface area contributed by atoms with Gasteiger partial charge in [0.05, 0.1) is 17.3 Å². The van der Waals surface area contributed by atoms with Gasteiger partial charge in [0.15, 0.2) is 0 Å². The fourth-order valence-electron chi connectivity index (χ4n) is 1.93. The van der Waals surface area contributed by atoms with Crippen LogP contribution in [0.5, 0.6) is 0 Å². The lowest BCUT2D eigenvalue weighted by molar-refractivity contribution is -0.129. The molecule has 0 saturated heterocycles. The van der Waals surface area contributed by atoms with E-state index in [1.807, 2.05) is 37.9 Å². The fraction of sp³-hybridized carbons (Fsp3) is 0.429. The van der Waals surface area contributed by atoms with E-state index in [9.17, 15) is 4.79 Å². The highest BCUT2D eigenvalue weighted by atomic mass is 35.5. The van der Waals surface area contributed by atoms with Gasteiger partial charge in [-0.2, -0.15) is 0 Å². The first kappa shape index (κ1) is 16.7. The largest absolute Gasteiger partial charge is 0.389 e. The van der Waals surface area contributed by atoms with Crippen molar-refractivity contribution in [3.05, 3.63) is 28.8 Å². The van der Waals surface area contributed by atoms with E-state index < -0.39 is 0 Å². The summed E-state index contributed by atoms with van der Waals surface area (Å²) in [5, 5.41) is 0.533. The lowest BCUT2D eigenvalue weighted by Crippen LogP contribution is -2.38. The van der Waals surface area contributed by atoms with E-state index >= 15 is 0 Å². The molecule has 0 aliphatic heterocycles. The summed E-state index contributed by atoms with van der Waals surface area (Å²) in [6.45, 7) is 5.62. The lowest BCUT2D eigenvalue weighted by atomic mass is 10.2. The van der Waals surface area contributed by atoms with Crippen molar-refractivity contribution in [3.8, 4) is 0 Å². The monoisotopic (exact) mass is 313 g/mol. The van der Waals surface area contributed by atoms with Crippen molar-refractivity contribution in [2.75, 3.05) is 31.6 Å². The van der Waals surface area contributed by atoms with Crippen LogP contribution in [0, 0.1) is 0 Å². The van der Waals surface area contributed by atoms with Gasteiger partial charge in [0.1, 0.15) is 4.99 Å². The van der Waals surface area contributed by atoms with Gasteiger partial charge in [-0.15, -0.1) is 0 Å². The van der Waals surface area contributed by atoms with Crippen LogP contribution in [0.4, 0.5) is 5.69 Å². The highest BCUT2D eigenvalue weighted by Crippen LogP contribution is 2.26. The first-order chi connectivity index (χ1) is 9.40. The number of benzene rings is 1. The highest BCUT2D eigenvalue weighted by Gasteiger charge is 2.15. The van der Waals surface area contributed by atoms with Gasteiger partial charge >= 0.3 is 0 Å². The number of rotatable bonds is 6.